The standard InChI is InChI=1S/C12H16N2O3/c1-12(5-6-12)13-8-9-7-10(14(15)16)3-4-11(9)17-2/h3-4,7,13H,5-6,8H2,1-2H3. The third-order valence-electron chi connectivity index (χ3n) is 3.18. The topological polar surface area (TPSA) is 64.4 Å². The Morgan fingerprint density at radius 1 is 1.53 bits per heavy atom. The first-order valence-corrected chi connectivity index (χ1v) is 5.60. The van der Waals surface area contributed by atoms with Crippen LogP contribution >= 0.6 is 0 Å². The van der Waals surface area contributed by atoms with Crippen LogP contribution in [0, 0.1) is 10.1 Å². The molecule has 0 amide bonds. The second-order valence-corrected chi connectivity index (χ2v) is 4.67. The van der Waals surface area contributed by atoms with Gasteiger partial charge in [0.25, 0.3) is 5.69 Å². The molecule has 17 heavy (non-hydrogen) atoms. The van der Waals surface area contributed by atoms with Crippen LogP contribution in [0.25, 0.3) is 0 Å². The van der Waals surface area contributed by atoms with Crippen molar-refractivity contribution in [3.63, 3.8) is 0 Å². The van der Waals surface area contributed by atoms with Crippen LogP contribution in [-0.2, 0) is 6.54 Å². The van der Waals surface area contributed by atoms with Crippen molar-refractivity contribution < 1.29 is 9.66 Å². The third kappa shape index (κ3) is 2.74. The largest absolute Gasteiger partial charge is 0.496 e. The minimum atomic E-state index is -0.387. The second-order valence-electron chi connectivity index (χ2n) is 4.67. The summed E-state index contributed by atoms with van der Waals surface area (Å²) in [6.07, 6.45) is 2.31. The predicted molar refractivity (Wildman–Crippen MR) is 64.1 cm³/mol. The number of nitrogens with zero attached hydrogens (tertiary/aromatic N) is 1. The lowest BCUT2D eigenvalue weighted by atomic mass is 10.1. The minimum Gasteiger partial charge on any atom is -0.496 e. The molecule has 1 saturated carbocycles. The van der Waals surface area contributed by atoms with E-state index in [9.17, 15) is 10.1 Å². The quantitative estimate of drug-likeness (QED) is 0.629. The summed E-state index contributed by atoms with van der Waals surface area (Å²) < 4.78 is 5.20. The van der Waals surface area contributed by atoms with E-state index in [1.807, 2.05) is 0 Å². The molecule has 0 bridgehead atoms. The van der Waals surface area contributed by atoms with Gasteiger partial charge in [-0.2, -0.15) is 0 Å². The maximum atomic E-state index is 10.7. The van der Waals surface area contributed by atoms with E-state index in [0.717, 1.165) is 18.4 Å². The molecule has 0 radical (unpaired) electrons. The Balaban J connectivity index is 2.16. The fourth-order valence-electron chi connectivity index (χ4n) is 1.69. The average Bonchev–Trinajstić information content (AvgIpc) is 3.05. The molecule has 0 heterocycles. The zero-order valence-corrected chi connectivity index (χ0v) is 10.0. The summed E-state index contributed by atoms with van der Waals surface area (Å²) in [5.41, 5.74) is 1.13. The number of nitro groups is 1. The van der Waals surface area contributed by atoms with E-state index in [2.05, 4.69) is 12.2 Å². The van der Waals surface area contributed by atoms with Gasteiger partial charge in [-0.05, 0) is 25.8 Å². The highest BCUT2D eigenvalue weighted by atomic mass is 16.6. The summed E-state index contributed by atoms with van der Waals surface area (Å²) in [4.78, 5) is 10.3. The number of methoxy groups -OCH3 is 1. The molecule has 0 spiro atoms. The van der Waals surface area contributed by atoms with Crippen LogP contribution in [0.2, 0.25) is 0 Å². The Morgan fingerprint density at radius 2 is 2.24 bits per heavy atom. The fourth-order valence-corrected chi connectivity index (χ4v) is 1.69. The molecule has 0 saturated heterocycles. The fraction of sp³-hybridized carbons (Fsp3) is 0.500. The first-order valence-electron chi connectivity index (χ1n) is 5.60. The van der Waals surface area contributed by atoms with Gasteiger partial charge in [0.1, 0.15) is 5.75 Å². The molecule has 1 aromatic carbocycles. The summed E-state index contributed by atoms with van der Waals surface area (Å²) in [5.74, 6) is 0.687. The molecule has 0 aliphatic heterocycles. The molecule has 0 aromatic heterocycles. The Kier molecular flexibility index (Phi) is 3.02. The van der Waals surface area contributed by atoms with Gasteiger partial charge in [0.15, 0.2) is 0 Å². The van der Waals surface area contributed by atoms with Gasteiger partial charge in [0.05, 0.1) is 12.0 Å². The van der Waals surface area contributed by atoms with Gasteiger partial charge >= 0.3 is 0 Å². The zero-order chi connectivity index (χ0) is 12.5. The number of ether oxygens (including phenoxy) is 1. The number of hydrogen-bond donors (Lipinski definition) is 1. The van der Waals surface area contributed by atoms with Crippen molar-refractivity contribution in [2.24, 2.45) is 0 Å². The summed E-state index contributed by atoms with van der Waals surface area (Å²) in [6.45, 7) is 2.75. The molecule has 0 atom stereocenters. The van der Waals surface area contributed by atoms with Crippen molar-refractivity contribution in [1.29, 1.82) is 0 Å². The monoisotopic (exact) mass is 236 g/mol. The van der Waals surface area contributed by atoms with Crippen LogP contribution in [0.15, 0.2) is 18.2 Å². The van der Waals surface area contributed by atoms with E-state index in [1.165, 1.54) is 6.07 Å². The third-order valence-corrected chi connectivity index (χ3v) is 3.18. The maximum Gasteiger partial charge on any atom is 0.270 e. The molecule has 0 unspecified atom stereocenters. The van der Waals surface area contributed by atoms with Gasteiger partial charge in [-0.15, -0.1) is 0 Å². The summed E-state index contributed by atoms with van der Waals surface area (Å²) >= 11 is 0. The summed E-state index contributed by atoms with van der Waals surface area (Å²) in [6, 6.07) is 4.67. The van der Waals surface area contributed by atoms with Gasteiger partial charge in [0.2, 0.25) is 0 Å². The molecule has 1 aliphatic carbocycles. The molecule has 2 rings (SSSR count). The average molecular weight is 236 g/mol. The Bertz CT molecular complexity index is 441. The van der Waals surface area contributed by atoms with Crippen molar-refractivity contribution in [2.45, 2.75) is 31.8 Å². The zero-order valence-electron chi connectivity index (χ0n) is 10.0. The van der Waals surface area contributed by atoms with E-state index in [1.54, 1.807) is 19.2 Å². The van der Waals surface area contributed by atoms with Crippen molar-refractivity contribution in [2.75, 3.05) is 7.11 Å². The molecule has 1 fully saturated rings. The van der Waals surface area contributed by atoms with Crippen LogP contribution in [-0.4, -0.2) is 17.6 Å². The lowest BCUT2D eigenvalue weighted by molar-refractivity contribution is -0.384. The number of nitro benzene ring substituents is 1. The highest BCUT2D eigenvalue weighted by molar-refractivity contribution is 5.43. The summed E-state index contributed by atoms with van der Waals surface area (Å²) in [5, 5.41) is 14.1. The van der Waals surface area contributed by atoms with Crippen molar-refractivity contribution >= 4 is 5.69 Å². The summed E-state index contributed by atoms with van der Waals surface area (Å²) in [7, 11) is 1.57. The first-order chi connectivity index (χ1) is 8.04. The van der Waals surface area contributed by atoms with Gasteiger partial charge in [-0.25, -0.2) is 0 Å². The SMILES string of the molecule is COc1ccc([N+](=O)[O-])cc1CNC1(C)CC1. The molecule has 1 aromatic rings. The van der Waals surface area contributed by atoms with Gasteiger partial charge in [-0.1, -0.05) is 0 Å². The van der Waals surface area contributed by atoms with Crippen molar-refractivity contribution in [1.82, 2.24) is 5.32 Å². The lowest BCUT2D eigenvalue weighted by Crippen LogP contribution is -2.27. The smallest absolute Gasteiger partial charge is 0.270 e. The van der Waals surface area contributed by atoms with Crippen LogP contribution < -0.4 is 10.1 Å². The van der Waals surface area contributed by atoms with E-state index >= 15 is 0 Å². The Labute approximate surface area is 99.9 Å². The van der Waals surface area contributed by atoms with Crippen molar-refractivity contribution in [3.8, 4) is 5.75 Å². The number of nitrogens with one attached hydrogen (secondary N) is 1. The number of hydrogen-bond acceptors (Lipinski definition) is 4. The molecule has 5 heteroatoms. The van der Waals surface area contributed by atoms with Gasteiger partial charge in [-0.3, -0.25) is 10.1 Å². The molecule has 92 valence electrons. The number of rotatable bonds is 5. The molecule has 5 nitrogen and oxygen atoms in total. The van der Waals surface area contributed by atoms with E-state index in [4.69, 9.17) is 4.74 Å². The van der Waals surface area contributed by atoms with E-state index in [0.29, 0.717) is 12.3 Å². The molecule has 1 aliphatic rings. The Hall–Kier alpha value is -1.62. The molecular formula is C12H16N2O3. The lowest BCUT2D eigenvalue weighted by Gasteiger charge is -2.13. The van der Waals surface area contributed by atoms with Crippen LogP contribution in [0.4, 0.5) is 5.69 Å². The maximum absolute atomic E-state index is 10.7. The molecule has 1 N–H and O–H groups in total. The van der Waals surface area contributed by atoms with Crippen LogP contribution in [0.1, 0.15) is 25.3 Å². The highest BCUT2D eigenvalue weighted by Crippen LogP contribution is 2.35. The highest BCUT2D eigenvalue weighted by Gasteiger charge is 2.36. The predicted octanol–water partition coefficient (Wildman–Crippen LogP) is 2.25. The van der Waals surface area contributed by atoms with Gasteiger partial charge < -0.3 is 10.1 Å². The van der Waals surface area contributed by atoms with Gasteiger partial charge in [0, 0.05) is 29.8 Å². The Morgan fingerprint density at radius 3 is 2.76 bits per heavy atom. The van der Waals surface area contributed by atoms with Crippen LogP contribution in [0.3, 0.4) is 0 Å². The number of non-ortho nitro benzene ring substituents is 1. The minimum absolute atomic E-state index is 0.101. The van der Waals surface area contributed by atoms with E-state index < -0.39 is 0 Å². The van der Waals surface area contributed by atoms with Crippen molar-refractivity contribution in [3.05, 3.63) is 33.9 Å². The van der Waals surface area contributed by atoms with E-state index in [-0.39, 0.29) is 16.1 Å². The molecular weight excluding hydrogens is 220 g/mol. The second kappa shape index (κ2) is 4.33. The first kappa shape index (κ1) is 11.9. The normalized spacial score (nSPS) is 16.6. The number of benzene rings is 1. The van der Waals surface area contributed by atoms with Crippen LogP contribution in [0.5, 0.6) is 5.75 Å².